The molecule has 1 aliphatic rings. The van der Waals surface area contributed by atoms with Gasteiger partial charge in [0.05, 0.1) is 19.1 Å². The predicted octanol–water partition coefficient (Wildman–Crippen LogP) is -0.139. The fourth-order valence-corrected chi connectivity index (χ4v) is 2.24. The molecular formula is C12H20N2O6. The van der Waals surface area contributed by atoms with E-state index in [1.165, 1.54) is 4.90 Å². The van der Waals surface area contributed by atoms with E-state index in [4.69, 9.17) is 10.2 Å². The molecule has 1 aliphatic heterocycles. The van der Waals surface area contributed by atoms with Gasteiger partial charge in [0.15, 0.2) is 0 Å². The highest BCUT2D eigenvalue weighted by atomic mass is 16.4. The first-order chi connectivity index (χ1) is 9.45. The lowest BCUT2D eigenvalue weighted by atomic mass is 10.1. The predicted molar refractivity (Wildman–Crippen MR) is 68.3 cm³/mol. The van der Waals surface area contributed by atoms with Crippen LogP contribution in [0.15, 0.2) is 0 Å². The Labute approximate surface area is 116 Å². The van der Waals surface area contributed by atoms with Gasteiger partial charge in [-0.2, -0.15) is 0 Å². The van der Waals surface area contributed by atoms with Crippen LogP contribution in [0.4, 0.5) is 4.79 Å². The molecule has 114 valence electrons. The second-order valence-electron chi connectivity index (χ2n) is 4.82. The molecule has 0 aliphatic carbocycles. The van der Waals surface area contributed by atoms with Crippen molar-refractivity contribution in [1.29, 1.82) is 0 Å². The minimum atomic E-state index is -1.47. The van der Waals surface area contributed by atoms with Crippen molar-refractivity contribution in [3.63, 3.8) is 0 Å². The van der Waals surface area contributed by atoms with Gasteiger partial charge in [-0.15, -0.1) is 0 Å². The Morgan fingerprint density at radius 2 is 1.90 bits per heavy atom. The summed E-state index contributed by atoms with van der Waals surface area (Å²) in [6.45, 7) is 0.237. The Morgan fingerprint density at radius 3 is 2.45 bits per heavy atom. The fourth-order valence-electron chi connectivity index (χ4n) is 2.24. The molecule has 8 heteroatoms. The smallest absolute Gasteiger partial charge is 0.326 e. The van der Waals surface area contributed by atoms with Crippen LogP contribution in [0.5, 0.6) is 0 Å². The van der Waals surface area contributed by atoms with E-state index in [9.17, 15) is 19.5 Å². The lowest BCUT2D eigenvalue weighted by Crippen LogP contribution is -2.52. The third kappa shape index (κ3) is 4.69. The van der Waals surface area contributed by atoms with Crippen molar-refractivity contribution in [3.05, 3.63) is 0 Å². The summed E-state index contributed by atoms with van der Waals surface area (Å²) in [7, 11) is 0. The summed E-state index contributed by atoms with van der Waals surface area (Å²) in [4.78, 5) is 35.0. The Hall–Kier alpha value is -1.83. The SMILES string of the molecule is O=C(O)CC(NC(=O)N1CCCCCC1CO)C(=O)O. The number of aliphatic carboxylic acids is 2. The van der Waals surface area contributed by atoms with Gasteiger partial charge >= 0.3 is 18.0 Å². The van der Waals surface area contributed by atoms with E-state index in [0.717, 1.165) is 19.3 Å². The number of hydrogen-bond donors (Lipinski definition) is 4. The van der Waals surface area contributed by atoms with Crippen molar-refractivity contribution < 1.29 is 29.7 Å². The number of carboxylic acid groups (broad SMARTS) is 2. The van der Waals surface area contributed by atoms with Crippen LogP contribution in [0, 0.1) is 0 Å². The van der Waals surface area contributed by atoms with Crippen LogP contribution in [0.1, 0.15) is 32.1 Å². The maximum absolute atomic E-state index is 12.1. The molecule has 20 heavy (non-hydrogen) atoms. The number of amides is 2. The molecule has 0 aromatic heterocycles. The van der Waals surface area contributed by atoms with E-state index >= 15 is 0 Å². The molecule has 0 aromatic carbocycles. The van der Waals surface area contributed by atoms with Gasteiger partial charge in [0.25, 0.3) is 0 Å². The second kappa shape index (κ2) is 7.68. The summed E-state index contributed by atoms with van der Waals surface area (Å²) in [5, 5.41) is 29.0. The largest absolute Gasteiger partial charge is 0.481 e. The molecule has 2 unspecified atom stereocenters. The molecule has 1 saturated heterocycles. The van der Waals surface area contributed by atoms with E-state index in [-0.39, 0.29) is 12.6 Å². The van der Waals surface area contributed by atoms with Gasteiger partial charge in [0.1, 0.15) is 6.04 Å². The first kappa shape index (κ1) is 16.2. The highest BCUT2D eigenvalue weighted by molar-refractivity contribution is 5.86. The number of rotatable bonds is 5. The zero-order chi connectivity index (χ0) is 15.1. The van der Waals surface area contributed by atoms with Crippen molar-refractivity contribution >= 4 is 18.0 Å². The molecule has 8 nitrogen and oxygen atoms in total. The average molecular weight is 288 g/mol. The highest BCUT2D eigenvalue weighted by Crippen LogP contribution is 2.16. The van der Waals surface area contributed by atoms with Gasteiger partial charge in [-0.05, 0) is 12.8 Å². The highest BCUT2D eigenvalue weighted by Gasteiger charge is 2.29. The molecule has 2 atom stereocenters. The molecule has 0 bridgehead atoms. The maximum atomic E-state index is 12.1. The fraction of sp³-hybridized carbons (Fsp3) is 0.750. The van der Waals surface area contributed by atoms with Crippen LogP contribution in [0.2, 0.25) is 0 Å². The zero-order valence-corrected chi connectivity index (χ0v) is 11.1. The number of aliphatic hydroxyl groups is 1. The summed E-state index contributed by atoms with van der Waals surface area (Å²) in [6, 6.07) is -2.46. The number of carboxylic acids is 2. The third-order valence-corrected chi connectivity index (χ3v) is 3.32. The second-order valence-corrected chi connectivity index (χ2v) is 4.82. The zero-order valence-electron chi connectivity index (χ0n) is 11.1. The van der Waals surface area contributed by atoms with Crippen LogP contribution in [0.25, 0.3) is 0 Å². The molecular weight excluding hydrogens is 268 g/mol. The Balaban J connectivity index is 2.70. The van der Waals surface area contributed by atoms with Gasteiger partial charge in [-0.1, -0.05) is 12.8 Å². The maximum Gasteiger partial charge on any atom is 0.326 e. The lowest BCUT2D eigenvalue weighted by Gasteiger charge is -2.29. The van der Waals surface area contributed by atoms with Crippen molar-refractivity contribution in [2.45, 2.75) is 44.2 Å². The summed E-state index contributed by atoms with van der Waals surface area (Å²) in [5.41, 5.74) is 0. The van der Waals surface area contributed by atoms with Gasteiger partial charge in [-0.25, -0.2) is 9.59 Å². The van der Waals surface area contributed by atoms with Crippen molar-refractivity contribution in [2.75, 3.05) is 13.2 Å². The first-order valence-electron chi connectivity index (χ1n) is 6.58. The number of urea groups is 1. The molecule has 0 spiro atoms. The topological polar surface area (TPSA) is 127 Å². The van der Waals surface area contributed by atoms with Crippen molar-refractivity contribution in [1.82, 2.24) is 10.2 Å². The molecule has 4 N–H and O–H groups in total. The van der Waals surface area contributed by atoms with E-state index in [0.29, 0.717) is 13.0 Å². The van der Waals surface area contributed by atoms with Gasteiger partial charge in [-0.3, -0.25) is 4.79 Å². The van der Waals surface area contributed by atoms with Crippen molar-refractivity contribution in [3.8, 4) is 0 Å². The number of carbonyl (C=O) groups is 3. The number of nitrogens with zero attached hydrogens (tertiary/aromatic N) is 1. The number of hydrogen-bond acceptors (Lipinski definition) is 4. The molecule has 1 rings (SSSR count). The normalized spacial score (nSPS) is 20.9. The number of likely N-dealkylation sites (tertiary alicyclic amines) is 1. The Bertz CT molecular complexity index is 373. The first-order valence-corrected chi connectivity index (χ1v) is 6.58. The number of aliphatic hydroxyl groups excluding tert-OH is 1. The van der Waals surface area contributed by atoms with E-state index in [1.54, 1.807) is 0 Å². The number of carbonyl (C=O) groups excluding carboxylic acids is 1. The van der Waals surface area contributed by atoms with Gasteiger partial charge in [0.2, 0.25) is 0 Å². The minimum absolute atomic E-state index is 0.190. The monoisotopic (exact) mass is 288 g/mol. The lowest BCUT2D eigenvalue weighted by molar-refractivity contribution is -0.145. The van der Waals surface area contributed by atoms with E-state index < -0.39 is 30.4 Å². The van der Waals surface area contributed by atoms with Crippen LogP contribution >= 0.6 is 0 Å². The summed E-state index contributed by atoms with van der Waals surface area (Å²) in [5.74, 6) is -2.69. The van der Waals surface area contributed by atoms with Gasteiger partial charge in [0, 0.05) is 6.54 Å². The van der Waals surface area contributed by atoms with E-state index in [1.807, 2.05) is 0 Å². The molecule has 1 fully saturated rings. The third-order valence-electron chi connectivity index (χ3n) is 3.32. The average Bonchev–Trinajstić information content (AvgIpc) is 2.62. The molecule has 0 radical (unpaired) electrons. The standard InChI is InChI=1S/C12H20N2O6/c15-7-8-4-2-1-3-5-14(8)12(20)13-9(11(18)19)6-10(16)17/h8-9,15H,1-7H2,(H,13,20)(H,16,17)(H,18,19). The van der Waals surface area contributed by atoms with Crippen molar-refractivity contribution in [2.24, 2.45) is 0 Å². The molecule has 1 heterocycles. The number of nitrogens with one attached hydrogen (secondary N) is 1. The quantitative estimate of drug-likeness (QED) is 0.557. The molecule has 0 aromatic rings. The molecule has 2 amide bonds. The van der Waals surface area contributed by atoms with Crippen LogP contribution < -0.4 is 5.32 Å². The van der Waals surface area contributed by atoms with Crippen LogP contribution in [0.3, 0.4) is 0 Å². The van der Waals surface area contributed by atoms with Crippen LogP contribution in [-0.2, 0) is 9.59 Å². The van der Waals surface area contributed by atoms with Crippen LogP contribution in [-0.4, -0.2) is 63.4 Å². The van der Waals surface area contributed by atoms with Gasteiger partial charge < -0.3 is 25.5 Å². The Morgan fingerprint density at radius 1 is 1.20 bits per heavy atom. The minimum Gasteiger partial charge on any atom is -0.481 e. The summed E-state index contributed by atoms with van der Waals surface area (Å²) >= 11 is 0. The Kier molecular flexibility index (Phi) is 6.23. The summed E-state index contributed by atoms with van der Waals surface area (Å²) < 4.78 is 0. The molecule has 0 saturated carbocycles. The summed E-state index contributed by atoms with van der Waals surface area (Å²) in [6.07, 6.45) is 2.59. The van der Waals surface area contributed by atoms with E-state index in [2.05, 4.69) is 5.32 Å².